The second-order valence-corrected chi connectivity index (χ2v) is 6.07. The SMILES string of the molecule is Cc1cc(C)c(C)c(OCC(=O)N2CCCC(C(N)=O)C2)c1. The molecule has 0 aliphatic carbocycles. The minimum atomic E-state index is -0.330. The topological polar surface area (TPSA) is 72.6 Å². The molecule has 0 spiro atoms. The Labute approximate surface area is 131 Å². The first-order valence-corrected chi connectivity index (χ1v) is 7.66. The first kappa shape index (κ1) is 16.3. The van der Waals surface area contributed by atoms with Gasteiger partial charge in [0.1, 0.15) is 5.75 Å². The van der Waals surface area contributed by atoms with Crippen molar-refractivity contribution in [3.05, 3.63) is 28.8 Å². The molecule has 1 heterocycles. The molecule has 1 unspecified atom stereocenters. The molecule has 0 aromatic heterocycles. The normalized spacial score (nSPS) is 18.1. The van der Waals surface area contributed by atoms with Crippen molar-refractivity contribution >= 4 is 11.8 Å². The van der Waals surface area contributed by atoms with E-state index in [0.29, 0.717) is 13.1 Å². The van der Waals surface area contributed by atoms with E-state index in [0.717, 1.165) is 35.3 Å². The zero-order chi connectivity index (χ0) is 16.3. The number of aryl methyl sites for hydroxylation is 2. The number of benzene rings is 1. The summed E-state index contributed by atoms with van der Waals surface area (Å²) in [5.74, 6) is 0.0861. The maximum absolute atomic E-state index is 12.3. The van der Waals surface area contributed by atoms with Gasteiger partial charge in [0.15, 0.2) is 6.61 Å². The average Bonchev–Trinajstić information content (AvgIpc) is 2.49. The quantitative estimate of drug-likeness (QED) is 0.920. The molecule has 2 rings (SSSR count). The summed E-state index contributed by atoms with van der Waals surface area (Å²) in [7, 11) is 0. The molecule has 0 radical (unpaired) electrons. The van der Waals surface area contributed by atoms with Crippen LogP contribution < -0.4 is 10.5 Å². The van der Waals surface area contributed by atoms with Gasteiger partial charge in [0, 0.05) is 13.1 Å². The van der Waals surface area contributed by atoms with Crippen LogP contribution >= 0.6 is 0 Å². The van der Waals surface area contributed by atoms with Gasteiger partial charge in [0.25, 0.3) is 5.91 Å². The van der Waals surface area contributed by atoms with Crippen molar-refractivity contribution in [3.63, 3.8) is 0 Å². The van der Waals surface area contributed by atoms with E-state index in [1.165, 1.54) is 0 Å². The average molecular weight is 304 g/mol. The number of piperidine rings is 1. The van der Waals surface area contributed by atoms with Gasteiger partial charge in [-0.15, -0.1) is 0 Å². The molecule has 1 aliphatic rings. The largest absolute Gasteiger partial charge is 0.483 e. The Balaban J connectivity index is 1.97. The number of nitrogens with zero attached hydrogens (tertiary/aromatic N) is 1. The van der Waals surface area contributed by atoms with Gasteiger partial charge in [-0.05, 0) is 56.4 Å². The van der Waals surface area contributed by atoms with E-state index in [1.807, 2.05) is 26.8 Å². The molecular weight excluding hydrogens is 280 g/mol. The van der Waals surface area contributed by atoms with Crippen molar-refractivity contribution in [3.8, 4) is 5.75 Å². The smallest absolute Gasteiger partial charge is 0.260 e. The highest BCUT2D eigenvalue weighted by molar-refractivity contribution is 5.81. The number of carbonyl (C=O) groups is 2. The van der Waals surface area contributed by atoms with Crippen molar-refractivity contribution in [2.24, 2.45) is 11.7 Å². The van der Waals surface area contributed by atoms with E-state index in [4.69, 9.17) is 10.5 Å². The fourth-order valence-electron chi connectivity index (χ4n) is 2.82. The van der Waals surface area contributed by atoms with Crippen LogP contribution in [0, 0.1) is 26.7 Å². The lowest BCUT2D eigenvalue weighted by molar-refractivity contribution is -0.136. The molecule has 120 valence electrons. The van der Waals surface area contributed by atoms with Crippen LogP contribution in [0.1, 0.15) is 29.5 Å². The van der Waals surface area contributed by atoms with Crippen molar-refractivity contribution in [2.75, 3.05) is 19.7 Å². The molecule has 5 heteroatoms. The standard InChI is InChI=1S/C17H24N2O3/c1-11-7-12(2)13(3)15(8-11)22-10-16(20)19-6-4-5-14(9-19)17(18)21/h7-8,14H,4-6,9-10H2,1-3H3,(H2,18,21). The van der Waals surface area contributed by atoms with E-state index in [9.17, 15) is 9.59 Å². The summed E-state index contributed by atoms with van der Waals surface area (Å²) in [5, 5.41) is 0. The van der Waals surface area contributed by atoms with Crippen molar-refractivity contribution < 1.29 is 14.3 Å². The molecule has 0 saturated carbocycles. The Morgan fingerprint density at radius 1 is 1.32 bits per heavy atom. The fraction of sp³-hybridized carbons (Fsp3) is 0.529. The molecule has 2 amide bonds. The predicted molar refractivity (Wildman–Crippen MR) is 84.6 cm³/mol. The summed E-state index contributed by atoms with van der Waals surface area (Å²) >= 11 is 0. The van der Waals surface area contributed by atoms with E-state index in [1.54, 1.807) is 4.90 Å². The molecule has 5 nitrogen and oxygen atoms in total. The first-order chi connectivity index (χ1) is 10.4. The lowest BCUT2D eigenvalue weighted by Gasteiger charge is -2.31. The molecule has 22 heavy (non-hydrogen) atoms. The maximum atomic E-state index is 12.3. The predicted octanol–water partition coefficient (Wildman–Crippen LogP) is 1.71. The summed E-state index contributed by atoms with van der Waals surface area (Å²) in [5.41, 5.74) is 8.64. The Hall–Kier alpha value is -2.04. The summed E-state index contributed by atoms with van der Waals surface area (Å²) in [4.78, 5) is 25.2. The van der Waals surface area contributed by atoms with E-state index in [-0.39, 0.29) is 24.3 Å². The van der Waals surface area contributed by atoms with Gasteiger partial charge in [-0.25, -0.2) is 0 Å². The number of amides is 2. The van der Waals surface area contributed by atoms with Crippen LogP contribution in [0.3, 0.4) is 0 Å². The van der Waals surface area contributed by atoms with Crippen LogP contribution in [0.2, 0.25) is 0 Å². The number of likely N-dealkylation sites (tertiary alicyclic amines) is 1. The van der Waals surface area contributed by atoms with E-state index >= 15 is 0 Å². The minimum absolute atomic E-state index is 0.00475. The van der Waals surface area contributed by atoms with Gasteiger partial charge in [-0.2, -0.15) is 0 Å². The Morgan fingerprint density at radius 3 is 2.73 bits per heavy atom. The molecule has 1 aromatic carbocycles. The first-order valence-electron chi connectivity index (χ1n) is 7.66. The Kier molecular flexibility index (Phi) is 5.06. The highest BCUT2D eigenvalue weighted by atomic mass is 16.5. The molecule has 2 N–H and O–H groups in total. The zero-order valence-corrected chi connectivity index (χ0v) is 13.5. The van der Waals surface area contributed by atoms with Gasteiger partial charge in [0.05, 0.1) is 5.92 Å². The fourth-order valence-corrected chi connectivity index (χ4v) is 2.82. The van der Waals surface area contributed by atoms with Crippen LogP contribution in [0.15, 0.2) is 12.1 Å². The van der Waals surface area contributed by atoms with Crippen LogP contribution in [0.25, 0.3) is 0 Å². The highest BCUT2D eigenvalue weighted by Gasteiger charge is 2.27. The number of primary amides is 1. The second-order valence-electron chi connectivity index (χ2n) is 6.07. The van der Waals surface area contributed by atoms with E-state index < -0.39 is 0 Å². The molecule has 1 aliphatic heterocycles. The third-order valence-electron chi connectivity index (χ3n) is 4.29. The van der Waals surface area contributed by atoms with Crippen molar-refractivity contribution in [2.45, 2.75) is 33.6 Å². The molecule has 1 aromatic rings. The third-order valence-corrected chi connectivity index (χ3v) is 4.29. The lowest BCUT2D eigenvalue weighted by atomic mass is 9.97. The Bertz CT molecular complexity index is 584. The molecule has 0 bridgehead atoms. The van der Waals surface area contributed by atoms with Crippen LogP contribution in [0.5, 0.6) is 5.75 Å². The summed E-state index contributed by atoms with van der Waals surface area (Å²) in [6.45, 7) is 7.08. The number of hydrogen-bond donors (Lipinski definition) is 1. The number of nitrogens with two attached hydrogens (primary N) is 1. The van der Waals surface area contributed by atoms with Crippen molar-refractivity contribution in [1.82, 2.24) is 4.90 Å². The number of ether oxygens (including phenoxy) is 1. The van der Waals surface area contributed by atoms with E-state index in [2.05, 4.69) is 6.07 Å². The molecule has 1 saturated heterocycles. The van der Waals surface area contributed by atoms with Crippen molar-refractivity contribution in [1.29, 1.82) is 0 Å². The monoisotopic (exact) mass is 304 g/mol. The number of hydrogen-bond acceptors (Lipinski definition) is 3. The van der Waals surface area contributed by atoms with Gasteiger partial charge >= 0.3 is 0 Å². The number of carbonyl (C=O) groups excluding carboxylic acids is 2. The molecule has 1 atom stereocenters. The van der Waals surface area contributed by atoms with Crippen LogP contribution in [0.4, 0.5) is 0 Å². The second kappa shape index (κ2) is 6.81. The minimum Gasteiger partial charge on any atom is -0.483 e. The maximum Gasteiger partial charge on any atom is 0.260 e. The van der Waals surface area contributed by atoms with Gasteiger partial charge in [-0.1, -0.05) is 6.07 Å². The number of rotatable bonds is 4. The van der Waals surface area contributed by atoms with Gasteiger partial charge < -0.3 is 15.4 Å². The lowest BCUT2D eigenvalue weighted by Crippen LogP contribution is -2.45. The van der Waals surface area contributed by atoms with Gasteiger partial charge in [-0.3, -0.25) is 9.59 Å². The highest BCUT2D eigenvalue weighted by Crippen LogP contribution is 2.23. The zero-order valence-electron chi connectivity index (χ0n) is 13.5. The summed E-state index contributed by atoms with van der Waals surface area (Å²) < 4.78 is 5.70. The van der Waals surface area contributed by atoms with Gasteiger partial charge in [0.2, 0.25) is 5.91 Å². The van der Waals surface area contributed by atoms with Crippen LogP contribution in [-0.4, -0.2) is 36.4 Å². The van der Waals surface area contributed by atoms with Crippen LogP contribution in [-0.2, 0) is 9.59 Å². The third kappa shape index (κ3) is 3.78. The summed E-state index contributed by atoms with van der Waals surface area (Å²) in [6, 6.07) is 4.03. The molecule has 1 fully saturated rings. The molecular formula is C17H24N2O3. The Morgan fingerprint density at radius 2 is 2.05 bits per heavy atom. The summed E-state index contributed by atoms with van der Waals surface area (Å²) in [6.07, 6.45) is 1.57.